The van der Waals surface area contributed by atoms with Crippen LogP contribution >= 0.6 is 0 Å². The lowest BCUT2D eigenvalue weighted by molar-refractivity contribution is -0.388. The van der Waals surface area contributed by atoms with Crippen LogP contribution in [0.5, 0.6) is 0 Å². The average Bonchev–Trinajstić information content (AvgIpc) is 3.23. The number of carboxylic acid groups (broad SMARTS) is 1. The van der Waals surface area contributed by atoms with Crippen molar-refractivity contribution in [2.24, 2.45) is 44.8 Å². The molecule has 7 aliphatic rings. The topological polar surface area (TPSA) is 292 Å². The van der Waals surface area contributed by atoms with Gasteiger partial charge in [-0.15, -0.1) is 0 Å². The number of ketones is 1. The molecule has 7 rings (SSSR count). The Morgan fingerprint density at radius 2 is 1.42 bits per heavy atom. The van der Waals surface area contributed by atoms with Crippen molar-refractivity contribution in [1.82, 2.24) is 0 Å². The molecule has 18 heteroatoms. The quantitative estimate of drug-likeness (QED) is 0.0962. The maximum Gasteiger partial charge on any atom is 0.310 e. The van der Waals surface area contributed by atoms with Gasteiger partial charge in [0, 0.05) is 0 Å². The Balaban J connectivity index is 1.17. The molecule has 3 heterocycles. The summed E-state index contributed by atoms with van der Waals surface area (Å²) in [6, 6.07) is 0. The number of rotatable bonds is 12. The van der Waals surface area contributed by atoms with Gasteiger partial charge in [0.25, 0.3) is 0 Å². The van der Waals surface area contributed by atoms with Gasteiger partial charge in [0.1, 0.15) is 66.8 Å². The molecule has 0 aromatic rings. The standard InChI is InChI=1S/C47H76O18/c1-21(49)11-16-47(42(58)59)18-17-45(7)24(30(47)22(2)50)9-10-28-44(6)14-13-29(43(4,5)27(44)12-15-46(28,45)8)63-41-38(65-39-35(56)33(54)31(52)23(3)61-39)37(25(51)20-60-41)64-40-36(57)34(55)32(53)26(19-48)62-40/h9,21,23,25-41,48-49,51-57H,10-20H2,1-8H3,(H,58,59)/t21?,23-,25-,26+,27?,28?,29-,30?,31-,32+,33+,34-,35+,36+,37-,38+,39-,40-,41-,44-,45+,46+,47-/m0/s1. The molecule has 0 aromatic heterocycles. The number of aliphatic carboxylic acids is 1. The second kappa shape index (κ2) is 18.6. The molecule has 3 saturated heterocycles. The molecule has 3 saturated carbocycles. The first-order chi connectivity index (χ1) is 30.3. The van der Waals surface area contributed by atoms with Gasteiger partial charge in [0.05, 0.1) is 42.9 Å². The van der Waals surface area contributed by atoms with Crippen LogP contribution in [-0.2, 0) is 38.0 Å². The van der Waals surface area contributed by atoms with Crippen LogP contribution in [0, 0.1) is 44.8 Å². The molecular formula is C47H76O18. The average molecular weight is 929 g/mol. The van der Waals surface area contributed by atoms with E-state index in [1.54, 1.807) is 6.92 Å². The van der Waals surface area contributed by atoms with E-state index in [9.17, 15) is 60.7 Å². The lowest BCUT2D eigenvalue weighted by Crippen LogP contribution is -2.67. The molecule has 18 nitrogen and oxygen atoms in total. The first-order valence-corrected chi connectivity index (χ1v) is 23.7. The lowest BCUT2D eigenvalue weighted by Gasteiger charge is -2.70. The molecular weight excluding hydrogens is 852 g/mol. The molecule has 0 aromatic carbocycles. The van der Waals surface area contributed by atoms with Crippen LogP contribution in [0.2, 0.25) is 0 Å². The van der Waals surface area contributed by atoms with E-state index >= 15 is 0 Å². The SMILES string of the molecule is CC(=O)C1C2=CCC3[C@@]4(C)CC[C@H](O[C@@H]5OC[C@H](O)[C@H](O[C@@H]6O[C@H](CO)[C@@H](O)[C@H](O)[C@H]6O)[C@H]5O[C@@H]5O[C@@H](C)[C@H](O)[C@@H](O)[C@H]5O)C(C)(C)C4CC[C@@]3(C)[C@]2(C)CC[C@]1(CCC(C)O)C(=O)O. The minimum absolute atomic E-state index is 0.109. The Hall–Kier alpha value is -1.72. The number of Topliss-reactive ketones (excluding diaryl/α,β-unsaturated/α-hetero) is 1. The number of hydrogen-bond donors (Lipinski definition) is 10. The second-order valence-electron chi connectivity index (χ2n) is 22.0. The van der Waals surface area contributed by atoms with Crippen LogP contribution in [0.3, 0.4) is 0 Å². The molecule has 10 N–H and O–H groups in total. The van der Waals surface area contributed by atoms with Crippen molar-refractivity contribution in [1.29, 1.82) is 0 Å². The van der Waals surface area contributed by atoms with Gasteiger partial charge in [0.15, 0.2) is 18.9 Å². The van der Waals surface area contributed by atoms with Crippen LogP contribution < -0.4 is 0 Å². The Morgan fingerprint density at radius 3 is 2.03 bits per heavy atom. The van der Waals surface area contributed by atoms with Gasteiger partial charge in [-0.2, -0.15) is 0 Å². The Morgan fingerprint density at radius 1 is 0.785 bits per heavy atom. The molecule has 0 spiro atoms. The Bertz CT molecular complexity index is 1760. The second-order valence-corrected chi connectivity index (χ2v) is 22.0. The van der Waals surface area contributed by atoms with E-state index < -0.39 is 133 Å². The number of carboxylic acids is 1. The van der Waals surface area contributed by atoms with Gasteiger partial charge in [-0.05, 0) is 112 Å². The van der Waals surface area contributed by atoms with Crippen molar-refractivity contribution >= 4 is 11.8 Å². The van der Waals surface area contributed by atoms with Crippen molar-refractivity contribution in [3.8, 4) is 0 Å². The number of aliphatic hydroxyl groups excluding tert-OH is 9. The summed E-state index contributed by atoms with van der Waals surface area (Å²) >= 11 is 0. The highest BCUT2D eigenvalue weighted by atomic mass is 16.8. The predicted octanol–water partition coefficient (Wildman–Crippen LogP) is 0.913. The lowest BCUT2D eigenvalue weighted by atomic mass is 9.34. The first-order valence-electron chi connectivity index (χ1n) is 23.7. The van der Waals surface area contributed by atoms with E-state index in [4.69, 9.17) is 28.4 Å². The van der Waals surface area contributed by atoms with Crippen molar-refractivity contribution in [3.05, 3.63) is 11.6 Å². The van der Waals surface area contributed by atoms with Crippen LogP contribution in [0.15, 0.2) is 11.6 Å². The third-order valence-electron chi connectivity index (χ3n) is 18.2. The van der Waals surface area contributed by atoms with E-state index in [2.05, 4.69) is 40.7 Å². The summed E-state index contributed by atoms with van der Waals surface area (Å²) in [7, 11) is 0. The number of aliphatic hydroxyl groups is 9. The summed E-state index contributed by atoms with van der Waals surface area (Å²) in [6.45, 7) is 14.8. The van der Waals surface area contributed by atoms with Gasteiger partial charge < -0.3 is 79.5 Å². The summed E-state index contributed by atoms with van der Waals surface area (Å²) in [4.78, 5) is 26.9. The molecule has 4 unspecified atom stereocenters. The Labute approximate surface area is 381 Å². The number of hydrogen-bond acceptors (Lipinski definition) is 17. The maximum absolute atomic E-state index is 13.7. The van der Waals surface area contributed by atoms with E-state index in [0.29, 0.717) is 25.7 Å². The minimum Gasteiger partial charge on any atom is -0.481 e. The highest BCUT2D eigenvalue weighted by Crippen LogP contribution is 2.75. The third kappa shape index (κ3) is 8.39. The van der Waals surface area contributed by atoms with Crippen LogP contribution in [0.25, 0.3) is 0 Å². The molecule has 0 radical (unpaired) electrons. The molecule has 0 amide bonds. The Kier molecular flexibility index (Phi) is 14.6. The fourth-order valence-corrected chi connectivity index (χ4v) is 14.2. The summed E-state index contributed by atoms with van der Waals surface area (Å²) < 4.78 is 37.0. The summed E-state index contributed by atoms with van der Waals surface area (Å²) in [6.07, 6.45) is -15.4. The van der Waals surface area contributed by atoms with E-state index in [0.717, 1.165) is 24.8 Å². The van der Waals surface area contributed by atoms with Gasteiger partial charge in [-0.3, -0.25) is 9.59 Å². The zero-order chi connectivity index (χ0) is 47.9. The van der Waals surface area contributed by atoms with Crippen LogP contribution in [-0.4, -0.2) is 174 Å². The van der Waals surface area contributed by atoms with E-state index in [1.807, 2.05) is 0 Å². The molecule has 65 heavy (non-hydrogen) atoms. The molecule has 4 aliphatic carbocycles. The monoisotopic (exact) mass is 929 g/mol. The van der Waals surface area contributed by atoms with Gasteiger partial charge >= 0.3 is 5.97 Å². The van der Waals surface area contributed by atoms with Crippen molar-refractivity contribution in [3.63, 3.8) is 0 Å². The zero-order valence-corrected chi connectivity index (χ0v) is 39.1. The smallest absolute Gasteiger partial charge is 0.310 e. The van der Waals surface area contributed by atoms with Crippen LogP contribution in [0.1, 0.15) is 113 Å². The number of allylic oxidation sites excluding steroid dienone is 2. The molecule has 372 valence electrons. The third-order valence-corrected chi connectivity index (χ3v) is 18.2. The molecule has 6 fully saturated rings. The number of fused-ring (bicyclic) bond motifs is 5. The van der Waals surface area contributed by atoms with Gasteiger partial charge in [-0.25, -0.2) is 0 Å². The molecule has 3 aliphatic heterocycles. The maximum atomic E-state index is 13.7. The van der Waals surface area contributed by atoms with Crippen molar-refractivity contribution in [2.45, 2.75) is 211 Å². The summed E-state index contributed by atoms with van der Waals surface area (Å²) in [5.74, 6) is -1.67. The zero-order valence-electron chi connectivity index (χ0n) is 39.1. The number of carbonyl (C=O) groups excluding carboxylic acids is 1. The van der Waals surface area contributed by atoms with E-state index in [-0.39, 0.29) is 47.9 Å². The fraction of sp³-hybridized carbons (Fsp3) is 0.915. The summed E-state index contributed by atoms with van der Waals surface area (Å²) in [5, 5.41) is 106. The highest BCUT2D eigenvalue weighted by molar-refractivity contribution is 5.90. The van der Waals surface area contributed by atoms with E-state index in [1.165, 1.54) is 13.8 Å². The van der Waals surface area contributed by atoms with Crippen molar-refractivity contribution in [2.75, 3.05) is 13.2 Å². The number of carbonyl (C=O) groups is 2. The largest absolute Gasteiger partial charge is 0.481 e. The first kappa shape index (κ1) is 51.1. The fourth-order valence-electron chi connectivity index (χ4n) is 14.2. The van der Waals surface area contributed by atoms with Crippen LogP contribution in [0.4, 0.5) is 0 Å². The van der Waals surface area contributed by atoms with Gasteiger partial charge in [0.2, 0.25) is 0 Å². The number of ether oxygens (including phenoxy) is 6. The molecule has 23 atom stereocenters. The van der Waals surface area contributed by atoms with Crippen molar-refractivity contribution < 1.29 is 89.1 Å². The molecule has 0 bridgehead atoms. The highest BCUT2D eigenvalue weighted by Gasteiger charge is 2.69. The summed E-state index contributed by atoms with van der Waals surface area (Å²) in [5.41, 5.74) is -1.84. The van der Waals surface area contributed by atoms with Gasteiger partial charge in [-0.1, -0.05) is 46.3 Å². The minimum atomic E-state index is -1.83. The predicted molar refractivity (Wildman–Crippen MR) is 227 cm³/mol. The normalized spacial score (nSPS) is 51.4.